The summed E-state index contributed by atoms with van der Waals surface area (Å²) >= 11 is 12.8. The van der Waals surface area contributed by atoms with E-state index < -0.39 is 17.7 Å². The van der Waals surface area contributed by atoms with Gasteiger partial charge in [-0.15, -0.1) is 0 Å². The number of hydrogen-bond acceptors (Lipinski definition) is 7. The number of anilines is 1. The highest BCUT2D eigenvalue weighted by atomic mass is 35.5. The summed E-state index contributed by atoms with van der Waals surface area (Å²) in [5.74, 6) is 0.162. The van der Waals surface area contributed by atoms with Gasteiger partial charge in [-0.2, -0.15) is 0 Å². The molecule has 9 nitrogen and oxygen atoms in total. The third-order valence-electron chi connectivity index (χ3n) is 6.83. The number of aromatic nitrogens is 1. The molecule has 11 heteroatoms. The van der Waals surface area contributed by atoms with E-state index in [-0.39, 0.29) is 71.8 Å². The molecule has 1 aromatic carbocycles. The van der Waals surface area contributed by atoms with Crippen LogP contribution in [0.3, 0.4) is 0 Å². The van der Waals surface area contributed by atoms with Gasteiger partial charge in [0.05, 0.1) is 12.6 Å². The van der Waals surface area contributed by atoms with E-state index in [1.165, 1.54) is 0 Å². The van der Waals surface area contributed by atoms with Crippen molar-refractivity contribution >= 4 is 46.8 Å². The molecule has 3 aliphatic heterocycles. The largest absolute Gasteiger partial charge is 0.489 e. The fraction of sp³-hybridized carbons (Fsp3) is 0.440. The van der Waals surface area contributed by atoms with Gasteiger partial charge in [-0.1, -0.05) is 53.5 Å². The predicted octanol–water partition coefficient (Wildman–Crippen LogP) is 3.80. The molecule has 0 saturated carbocycles. The smallest absolute Gasteiger partial charge is 0.410 e. The minimum atomic E-state index is -0.553. The van der Waals surface area contributed by atoms with Gasteiger partial charge in [0.2, 0.25) is 0 Å². The fourth-order valence-electron chi connectivity index (χ4n) is 4.98. The number of carbonyl (C=O) groups excluding carboxylic acids is 3. The highest BCUT2D eigenvalue weighted by molar-refractivity contribution is 6.42. The zero-order chi connectivity index (χ0) is 25.6. The Kier molecular flexibility index (Phi) is 6.46. The van der Waals surface area contributed by atoms with Gasteiger partial charge in [0, 0.05) is 31.6 Å². The van der Waals surface area contributed by atoms with Crippen LogP contribution in [0, 0.1) is 0 Å². The average molecular weight is 533 g/mol. The molecule has 0 radical (unpaired) electrons. The van der Waals surface area contributed by atoms with Gasteiger partial charge >= 0.3 is 6.09 Å². The van der Waals surface area contributed by atoms with E-state index in [0.29, 0.717) is 13.0 Å². The van der Waals surface area contributed by atoms with Gasteiger partial charge in [-0.3, -0.25) is 9.59 Å². The van der Waals surface area contributed by atoms with Crippen LogP contribution in [0.2, 0.25) is 10.2 Å². The predicted molar refractivity (Wildman–Crippen MR) is 134 cm³/mol. The molecule has 190 valence electrons. The Bertz CT molecular complexity index is 1220. The topological polar surface area (TPSA) is 92.3 Å². The lowest BCUT2D eigenvalue weighted by molar-refractivity contribution is -0.116. The number of ether oxygens (including phenoxy) is 2. The Morgan fingerprint density at radius 1 is 1.19 bits per heavy atom. The average Bonchev–Trinajstić information content (AvgIpc) is 3.05. The molecule has 1 atom stereocenters. The number of benzene rings is 1. The summed E-state index contributed by atoms with van der Waals surface area (Å²) in [4.78, 5) is 48.3. The quantitative estimate of drug-likeness (QED) is 0.555. The van der Waals surface area contributed by atoms with Gasteiger partial charge in [-0.25, -0.2) is 9.78 Å². The molecule has 5 rings (SSSR count). The first-order valence-corrected chi connectivity index (χ1v) is 12.5. The summed E-state index contributed by atoms with van der Waals surface area (Å²) in [5.41, 5.74) is 0.528. The second-order valence-corrected chi connectivity index (χ2v) is 10.5. The maximum atomic E-state index is 13.8. The number of amides is 2. The van der Waals surface area contributed by atoms with Crippen molar-refractivity contribution in [2.75, 3.05) is 37.7 Å². The summed E-state index contributed by atoms with van der Waals surface area (Å²) in [5, 5.41) is 0.0467. The molecule has 0 bridgehead atoms. The number of piperazine rings is 1. The van der Waals surface area contributed by atoms with E-state index >= 15 is 0 Å². The number of Topliss-reactive ketones (excluding diaryl/α,β-unsaturated/α-hetero) is 1. The highest BCUT2D eigenvalue weighted by Gasteiger charge is 2.45. The van der Waals surface area contributed by atoms with Gasteiger partial charge in [-0.05, 0) is 19.4 Å². The molecule has 1 aromatic heterocycles. The van der Waals surface area contributed by atoms with Crippen LogP contribution in [0.5, 0.6) is 5.75 Å². The fourth-order valence-corrected chi connectivity index (χ4v) is 5.33. The van der Waals surface area contributed by atoms with Crippen molar-refractivity contribution in [3.63, 3.8) is 0 Å². The van der Waals surface area contributed by atoms with E-state index in [1.54, 1.807) is 14.7 Å². The lowest BCUT2D eigenvalue weighted by atomic mass is 10.0. The lowest BCUT2D eigenvalue weighted by Crippen LogP contribution is -2.57. The van der Waals surface area contributed by atoms with Gasteiger partial charge in [0.1, 0.15) is 29.6 Å². The molecule has 2 fully saturated rings. The minimum absolute atomic E-state index is 0.000598. The maximum absolute atomic E-state index is 13.8. The van der Waals surface area contributed by atoms with E-state index in [1.807, 2.05) is 44.2 Å². The molecule has 0 aliphatic carbocycles. The van der Waals surface area contributed by atoms with Crippen LogP contribution in [0.4, 0.5) is 10.6 Å². The second kappa shape index (κ2) is 9.44. The standard InChI is InChI=1S/C25H26Cl2N4O5/c1-25(2)10-17(32)12-31(25)22-18-20(19(26)21(27)28-22)35-14-16-11-29(8-9-30(16)23(18)33)24(34)36-13-15-6-4-3-5-7-15/h3-7,16H,8-14H2,1-2H3/t16-/m1/s1. The van der Waals surface area contributed by atoms with Gasteiger partial charge in [0.25, 0.3) is 5.91 Å². The van der Waals surface area contributed by atoms with Gasteiger partial charge in [0.15, 0.2) is 16.7 Å². The first-order valence-electron chi connectivity index (χ1n) is 11.7. The number of ketones is 1. The number of halogens is 2. The number of hydrogen-bond donors (Lipinski definition) is 0. The summed E-state index contributed by atoms with van der Waals surface area (Å²) in [6, 6.07) is 9.01. The van der Waals surface area contributed by atoms with Crippen LogP contribution in [-0.4, -0.2) is 76.9 Å². The molecule has 0 unspecified atom stereocenters. The highest BCUT2D eigenvalue weighted by Crippen LogP contribution is 2.44. The first-order chi connectivity index (χ1) is 17.2. The number of rotatable bonds is 3. The van der Waals surface area contributed by atoms with Crippen LogP contribution < -0.4 is 9.64 Å². The molecular formula is C25H26Cl2N4O5. The molecule has 2 amide bonds. The van der Waals surface area contributed by atoms with Crippen LogP contribution in [0.1, 0.15) is 36.2 Å². The number of fused-ring (bicyclic) bond motifs is 2. The van der Waals surface area contributed by atoms with Crippen molar-refractivity contribution in [2.45, 2.75) is 38.5 Å². The zero-order valence-corrected chi connectivity index (χ0v) is 21.5. The summed E-state index contributed by atoms with van der Waals surface area (Å²) in [6.45, 7) is 5.06. The first kappa shape index (κ1) is 24.6. The Labute approximate surface area is 218 Å². The zero-order valence-electron chi connectivity index (χ0n) is 20.0. The van der Waals surface area contributed by atoms with Crippen molar-refractivity contribution in [2.24, 2.45) is 0 Å². The molecule has 36 heavy (non-hydrogen) atoms. The molecule has 2 saturated heterocycles. The second-order valence-electron chi connectivity index (χ2n) is 9.81. The number of carbonyl (C=O) groups is 3. The van der Waals surface area contributed by atoms with Crippen LogP contribution >= 0.6 is 23.2 Å². The van der Waals surface area contributed by atoms with Crippen LogP contribution in [0.25, 0.3) is 0 Å². The summed E-state index contributed by atoms with van der Waals surface area (Å²) in [7, 11) is 0. The molecular weight excluding hydrogens is 507 g/mol. The van der Waals surface area contributed by atoms with Gasteiger partial charge < -0.3 is 24.2 Å². The SMILES string of the molecule is CC1(C)CC(=O)CN1c1nc(Cl)c(Cl)c2c1C(=O)N1CCN(C(=O)OCc3ccccc3)C[C@@H]1CO2. The normalized spacial score (nSPS) is 21.0. The van der Waals surface area contributed by atoms with E-state index in [4.69, 9.17) is 32.7 Å². The third kappa shape index (κ3) is 4.46. The monoisotopic (exact) mass is 532 g/mol. The Balaban J connectivity index is 1.39. The van der Waals surface area contributed by atoms with Crippen molar-refractivity contribution in [3.05, 3.63) is 51.6 Å². The van der Waals surface area contributed by atoms with Crippen molar-refractivity contribution in [1.29, 1.82) is 0 Å². The minimum Gasteiger partial charge on any atom is -0.489 e. The van der Waals surface area contributed by atoms with Crippen molar-refractivity contribution in [1.82, 2.24) is 14.8 Å². The Morgan fingerprint density at radius 2 is 1.94 bits per heavy atom. The van der Waals surface area contributed by atoms with E-state index in [0.717, 1.165) is 5.56 Å². The third-order valence-corrected chi connectivity index (χ3v) is 7.55. The summed E-state index contributed by atoms with van der Waals surface area (Å²) in [6.07, 6.45) is -0.126. The number of nitrogens with zero attached hydrogens (tertiary/aromatic N) is 4. The van der Waals surface area contributed by atoms with E-state index in [2.05, 4.69) is 4.98 Å². The maximum Gasteiger partial charge on any atom is 0.410 e. The van der Waals surface area contributed by atoms with Crippen LogP contribution in [-0.2, 0) is 16.1 Å². The van der Waals surface area contributed by atoms with Crippen molar-refractivity contribution in [3.8, 4) is 5.75 Å². The van der Waals surface area contributed by atoms with Crippen LogP contribution in [0.15, 0.2) is 30.3 Å². The molecule has 4 heterocycles. The summed E-state index contributed by atoms with van der Waals surface area (Å²) < 4.78 is 11.5. The van der Waals surface area contributed by atoms with E-state index in [9.17, 15) is 14.4 Å². The number of pyridine rings is 1. The molecule has 0 spiro atoms. The van der Waals surface area contributed by atoms with Crippen molar-refractivity contribution < 1.29 is 23.9 Å². The molecule has 0 N–H and O–H groups in total. The molecule has 2 aromatic rings. The Hall–Kier alpha value is -3.04. The lowest BCUT2D eigenvalue weighted by Gasteiger charge is -2.39. The Morgan fingerprint density at radius 3 is 2.64 bits per heavy atom. The molecule has 3 aliphatic rings.